The molecule has 0 aromatic carbocycles. The Hall–Kier alpha value is -1.33. The lowest BCUT2D eigenvalue weighted by Crippen LogP contribution is -2.06. The van der Waals surface area contributed by atoms with Crippen LogP contribution in [-0.4, -0.2) is 16.2 Å². The van der Waals surface area contributed by atoms with Gasteiger partial charge >= 0.3 is 0 Å². The second kappa shape index (κ2) is 6.17. The van der Waals surface area contributed by atoms with Crippen LogP contribution in [-0.2, 0) is 6.42 Å². The molecule has 0 radical (unpaired) electrons. The van der Waals surface area contributed by atoms with Gasteiger partial charge in [0.25, 0.3) is 0 Å². The van der Waals surface area contributed by atoms with Crippen LogP contribution in [0, 0.1) is 11.8 Å². The van der Waals surface area contributed by atoms with Crippen molar-refractivity contribution in [2.45, 2.75) is 32.3 Å². The summed E-state index contributed by atoms with van der Waals surface area (Å²) < 4.78 is 0. The largest absolute Gasteiger partial charge is 0.392 e. The number of rotatable bonds is 4. The summed E-state index contributed by atoms with van der Waals surface area (Å²) in [4.78, 5) is 3.94. The third kappa shape index (κ3) is 4.06. The molecule has 1 atom stereocenters. The van der Waals surface area contributed by atoms with Crippen LogP contribution >= 0.6 is 0 Å². The Labute approximate surface area is 85.0 Å². The first-order chi connectivity index (χ1) is 6.83. The summed E-state index contributed by atoms with van der Waals surface area (Å²) in [6.45, 7) is 1.79. The summed E-state index contributed by atoms with van der Waals surface area (Å²) in [7, 11) is 0. The maximum Gasteiger partial charge on any atom is 0.0652 e. The maximum absolute atomic E-state index is 9.52. The van der Waals surface area contributed by atoms with Gasteiger partial charge in [-0.05, 0) is 37.5 Å². The van der Waals surface area contributed by atoms with Crippen LogP contribution in [0.3, 0.4) is 0 Å². The van der Waals surface area contributed by atoms with Crippen LogP contribution in [0.2, 0.25) is 0 Å². The standard InChI is InChI=1S/C12H15NO/c1-2-3-4-12(14)6-5-11-7-9-13-10-8-11/h7-10,12,14H,4-6H2,1H3. The van der Waals surface area contributed by atoms with Crippen LogP contribution < -0.4 is 0 Å². The van der Waals surface area contributed by atoms with Gasteiger partial charge in [-0.25, -0.2) is 0 Å². The van der Waals surface area contributed by atoms with E-state index < -0.39 is 0 Å². The van der Waals surface area contributed by atoms with E-state index >= 15 is 0 Å². The normalized spacial score (nSPS) is 11.6. The monoisotopic (exact) mass is 189 g/mol. The maximum atomic E-state index is 9.52. The number of aromatic nitrogens is 1. The summed E-state index contributed by atoms with van der Waals surface area (Å²) >= 11 is 0. The molecule has 0 saturated carbocycles. The van der Waals surface area contributed by atoms with Crippen molar-refractivity contribution in [1.82, 2.24) is 4.98 Å². The van der Waals surface area contributed by atoms with E-state index in [9.17, 15) is 5.11 Å². The average molecular weight is 189 g/mol. The summed E-state index contributed by atoms with van der Waals surface area (Å²) in [6, 6.07) is 3.94. The minimum absolute atomic E-state index is 0.310. The third-order valence-corrected chi connectivity index (χ3v) is 2.03. The average Bonchev–Trinajstić information content (AvgIpc) is 2.25. The lowest BCUT2D eigenvalue weighted by molar-refractivity contribution is 0.170. The molecule has 0 bridgehead atoms. The van der Waals surface area contributed by atoms with E-state index in [-0.39, 0.29) is 6.10 Å². The number of aliphatic hydroxyl groups is 1. The molecule has 14 heavy (non-hydrogen) atoms. The number of nitrogens with zero attached hydrogens (tertiary/aromatic N) is 1. The van der Waals surface area contributed by atoms with Crippen LogP contribution in [0.25, 0.3) is 0 Å². The lowest BCUT2D eigenvalue weighted by Gasteiger charge is -2.06. The molecular weight excluding hydrogens is 174 g/mol. The van der Waals surface area contributed by atoms with Gasteiger partial charge in [-0.15, -0.1) is 11.8 Å². The highest BCUT2D eigenvalue weighted by atomic mass is 16.3. The molecule has 2 nitrogen and oxygen atoms in total. The fourth-order valence-electron chi connectivity index (χ4n) is 1.20. The summed E-state index contributed by atoms with van der Waals surface area (Å²) in [5.74, 6) is 5.65. The molecule has 0 fully saturated rings. The summed E-state index contributed by atoms with van der Waals surface area (Å²) in [6.07, 6.45) is 5.45. The van der Waals surface area contributed by atoms with Gasteiger partial charge < -0.3 is 5.11 Å². The van der Waals surface area contributed by atoms with E-state index in [0.29, 0.717) is 6.42 Å². The second-order valence-electron chi connectivity index (χ2n) is 3.18. The number of aryl methyl sites for hydroxylation is 1. The fourth-order valence-corrected chi connectivity index (χ4v) is 1.20. The summed E-state index contributed by atoms with van der Waals surface area (Å²) in [5.41, 5.74) is 1.21. The molecule has 1 heterocycles. The Morgan fingerprint density at radius 2 is 2.14 bits per heavy atom. The number of pyridine rings is 1. The van der Waals surface area contributed by atoms with Gasteiger partial charge in [-0.1, -0.05) is 0 Å². The Kier molecular flexibility index (Phi) is 4.74. The van der Waals surface area contributed by atoms with Crippen molar-refractivity contribution < 1.29 is 5.11 Å². The van der Waals surface area contributed by atoms with Gasteiger partial charge in [0.15, 0.2) is 0 Å². The van der Waals surface area contributed by atoms with E-state index in [2.05, 4.69) is 16.8 Å². The third-order valence-electron chi connectivity index (χ3n) is 2.03. The van der Waals surface area contributed by atoms with Crippen LogP contribution in [0.4, 0.5) is 0 Å². The van der Waals surface area contributed by atoms with E-state index in [4.69, 9.17) is 0 Å². The minimum atomic E-state index is -0.310. The van der Waals surface area contributed by atoms with E-state index in [1.54, 1.807) is 19.3 Å². The van der Waals surface area contributed by atoms with E-state index in [1.165, 1.54) is 5.56 Å². The van der Waals surface area contributed by atoms with Gasteiger partial charge in [0.05, 0.1) is 6.10 Å². The first-order valence-electron chi connectivity index (χ1n) is 4.79. The highest BCUT2D eigenvalue weighted by molar-refractivity contribution is 5.10. The van der Waals surface area contributed by atoms with Gasteiger partial charge in [-0.3, -0.25) is 4.98 Å². The molecule has 0 amide bonds. The number of hydrogen-bond donors (Lipinski definition) is 1. The predicted octanol–water partition coefficient (Wildman–Crippen LogP) is 1.79. The molecule has 2 heteroatoms. The van der Waals surface area contributed by atoms with Crippen molar-refractivity contribution in [1.29, 1.82) is 0 Å². The highest BCUT2D eigenvalue weighted by Crippen LogP contribution is 2.05. The topological polar surface area (TPSA) is 33.1 Å². The van der Waals surface area contributed by atoms with Gasteiger partial charge in [0, 0.05) is 18.8 Å². The molecule has 0 aliphatic heterocycles. The van der Waals surface area contributed by atoms with Crippen molar-refractivity contribution in [3.8, 4) is 11.8 Å². The van der Waals surface area contributed by atoms with Crippen molar-refractivity contribution >= 4 is 0 Å². The molecule has 74 valence electrons. The van der Waals surface area contributed by atoms with Crippen molar-refractivity contribution in [3.63, 3.8) is 0 Å². The zero-order chi connectivity index (χ0) is 10.2. The molecule has 0 spiro atoms. The minimum Gasteiger partial charge on any atom is -0.392 e. The zero-order valence-electron chi connectivity index (χ0n) is 8.40. The van der Waals surface area contributed by atoms with Crippen LogP contribution in [0.15, 0.2) is 24.5 Å². The zero-order valence-corrected chi connectivity index (χ0v) is 8.40. The second-order valence-corrected chi connectivity index (χ2v) is 3.18. The molecule has 1 N–H and O–H groups in total. The molecule has 1 rings (SSSR count). The van der Waals surface area contributed by atoms with Gasteiger partial charge in [-0.2, -0.15) is 0 Å². The van der Waals surface area contributed by atoms with Crippen LogP contribution in [0.5, 0.6) is 0 Å². The first kappa shape index (κ1) is 10.7. The Bertz CT molecular complexity index is 310. The van der Waals surface area contributed by atoms with Gasteiger partial charge in [0.2, 0.25) is 0 Å². The first-order valence-corrected chi connectivity index (χ1v) is 4.79. The molecular formula is C12H15NO. The van der Waals surface area contributed by atoms with Crippen molar-refractivity contribution in [2.75, 3.05) is 0 Å². The van der Waals surface area contributed by atoms with Crippen molar-refractivity contribution in [2.24, 2.45) is 0 Å². The molecule has 1 aromatic heterocycles. The highest BCUT2D eigenvalue weighted by Gasteiger charge is 2.01. The van der Waals surface area contributed by atoms with Crippen molar-refractivity contribution in [3.05, 3.63) is 30.1 Å². The molecule has 0 aliphatic carbocycles. The number of aliphatic hydroxyl groups excluding tert-OH is 1. The molecule has 1 unspecified atom stereocenters. The van der Waals surface area contributed by atoms with Crippen LogP contribution in [0.1, 0.15) is 25.3 Å². The predicted molar refractivity (Wildman–Crippen MR) is 56.6 cm³/mol. The smallest absolute Gasteiger partial charge is 0.0652 e. The Morgan fingerprint density at radius 1 is 1.43 bits per heavy atom. The van der Waals surface area contributed by atoms with E-state index in [0.717, 1.165) is 12.8 Å². The Morgan fingerprint density at radius 3 is 2.79 bits per heavy atom. The van der Waals surface area contributed by atoms with E-state index in [1.807, 2.05) is 12.1 Å². The molecule has 1 aromatic rings. The number of hydrogen-bond acceptors (Lipinski definition) is 2. The fraction of sp³-hybridized carbons (Fsp3) is 0.417. The molecule has 0 saturated heterocycles. The quantitative estimate of drug-likeness (QED) is 0.732. The molecule has 0 aliphatic rings. The van der Waals surface area contributed by atoms with Gasteiger partial charge in [0.1, 0.15) is 0 Å². The SMILES string of the molecule is CC#CCC(O)CCc1ccncc1. The Balaban J connectivity index is 2.29. The lowest BCUT2D eigenvalue weighted by atomic mass is 10.1. The summed E-state index contributed by atoms with van der Waals surface area (Å²) in [5, 5.41) is 9.52.